The standard InChI is InChI=1S/C16H10BrClN2.ClH/c1-20-15-5-3-11(18)6-9(15)7-14-16(20)12-8-10(17)2-4-13(12)19-14;/h2-8H,1H3;1H. The normalized spacial score (nSPS) is 11.2. The Bertz CT molecular complexity index is 946. The molecule has 2 aromatic rings. The van der Waals surface area contributed by atoms with Crippen LogP contribution >= 0.6 is 39.9 Å². The Kier molecular flexibility index (Phi) is 3.60. The first-order chi connectivity index (χ1) is 9.63. The lowest BCUT2D eigenvalue weighted by Crippen LogP contribution is -1.98. The minimum absolute atomic E-state index is 0. The summed E-state index contributed by atoms with van der Waals surface area (Å²) in [7, 11) is 2.07. The highest BCUT2D eigenvalue weighted by atomic mass is 79.9. The summed E-state index contributed by atoms with van der Waals surface area (Å²) in [5, 5.41) is 3.01. The Morgan fingerprint density at radius 1 is 1.10 bits per heavy atom. The van der Waals surface area contributed by atoms with Crippen LogP contribution in [0.4, 0.5) is 0 Å². The number of aryl methyl sites for hydroxylation is 1. The van der Waals surface area contributed by atoms with E-state index in [2.05, 4.69) is 39.7 Å². The molecule has 2 aliphatic rings. The zero-order chi connectivity index (χ0) is 13.9. The first kappa shape index (κ1) is 14.6. The Hall–Kier alpha value is -1.29. The van der Waals surface area contributed by atoms with Crippen LogP contribution in [0.3, 0.4) is 0 Å². The average Bonchev–Trinajstić information content (AvgIpc) is 2.76. The van der Waals surface area contributed by atoms with Crippen LogP contribution < -0.4 is 0 Å². The quantitative estimate of drug-likeness (QED) is 0.383. The van der Waals surface area contributed by atoms with E-state index in [1.807, 2.05) is 30.3 Å². The highest BCUT2D eigenvalue weighted by Crippen LogP contribution is 2.35. The summed E-state index contributed by atoms with van der Waals surface area (Å²) in [6, 6.07) is 14.2. The molecule has 0 saturated carbocycles. The van der Waals surface area contributed by atoms with Gasteiger partial charge in [-0.05, 0) is 42.5 Å². The van der Waals surface area contributed by atoms with Crippen LogP contribution in [0.25, 0.3) is 33.2 Å². The molecular weight excluding hydrogens is 371 g/mol. The molecule has 2 nitrogen and oxygen atoms in total. The van der Waals surface area contributed by atoms with Crippen molar-refractivity contribution in [2.45, 2.75) is 0 Å². The molecule has 21 heavy (non-hydrogen) atoms. The molecule has 0 unspecified atom stereocenters. The summed E-state index contributed by atoms with van der Waals surface area (Å²) in [5.74, 6) is 0. The van der Waals surface area contributed by atoms with Crippen LogP contribution in [0.1, 0.15) is 0 Å². The van der Waals surface area contributed by atoms with Crippen molar-refractivity contribution in [3.8, 4) is 11.4 Å². The molecule has 2 aromatic carbocycles. The molecule has 2 aliphatic heterocycles. The van der Waals surface area contributed by atoms with Gasteiger partial charge in [0.15, 0.2) is 0 Å². The predicted molar refractivity (Wildman–Crippen MR) is 94.8 cm³/mol. The first-order valence-corrected chi connectivity index (χ1v) is 7.44. The van der Waals surface area contributed by atoms with E-state index in [4.69, 9.17) is 16.6 Å². The van der Waals surface area contributed by atoms with Crippen molar-refractivity contribution >= 4 is 61.7 Å². The number of pyridine rings is 1. The number of rotatable bonds is 0. The number of halogens is 3. The van der Waals surface area contributed by atoms with Gasteiger partial charge in [-0.25, -0.2) is 4.98 Å². The highest BCUT2D eigenvalue weighted by molar-refractivity contribution is 9.10. The molecule has 0 atom stereocenters. The molecule has 0 aromatic heterocycles. The smallest absolute Gasteiger partial charge is 0.0887 e. The third kappa shape index (κ3) is 2.20. The molecule has 0 N–H and O–H groups in total. The fraction of sp³-hybridized carbons (Fsp3) is 0.0625. The number of benzene rings is 2. The minimum atomic E-state index is 0. The zero-order valence-corrected chi connectivity index (χ0v) is 14.3. The molecule has 0 spiro atoms. The molecule has 0 aliphatic carbocycles. The van der Waals surface area contributed by atoms with Gasteiger partial charge in [0, 0.05) is 32.8 Å². The van der Waals surface area contributed by atoms with Gasteiger partial charge in [-0.1, -0.05) is 27.5 Å². The molecule has 2 heterocycles. The molecule has 0 bridgehead atoms. The van der Waals surface area contributed by atoms with Crippen molar-refractivity contribution in [1.82, 2.24) is 9.55 Å². The van der Waals surface area contributed by atoms with Gasteiger partial charge in [-0.15, -0.1) is 12.4 Å². The number of hydrogen-bond acceptors (Lipinski definition) is 1. The van der Waals surface area contributed by atoms with E-state index in [9.17, 15) is 0 Å². The van der Waals surface area contributed by atoms with E-state index in [0.717, 1.165) is 42.7 Å². The van der Waals surface area contributed by atoms with Gasteiger partial charge in [0.1, 0.15) is 0 Å². The van der Waals surface area contributed by atoms with Crippen LogP contribution in [-0.2, 0) is 7.05 Å². The van der Waals surface area contributed by atoms with Gasteiger partial charge < -0.3 is 4.57 Å². The zero-order valence-electron chi connectivity index (χ0n) is 11.1. The lowest BCUT2D eigenvalue weighted by Gasteiger charge is -2.12. The van der Waals surface area contributed by atoms with E-state index in [1.165, 1.54) is 0 Å². The maximum Gasteiger partial charge on any atom is 0.0887 e. The van der Waals surface area contributed by atoms with Gasteiger partial charge >= 0.3 is 0 Å². The first-order valence-electron chi connectivity index (χ1n) is 6.27. The van der Waals surface area contributed by atoms with Gasteiger partial charge in [-0.2, -0.15) is 0 Å². The minimum Gasteiger partial charge on any atom is -0.342 e. The van der Waals surface area contributed by atoms with Crippen LogP contribution in [-0.4, -0.2) is 9.55 Å². The van der Waals surface area contributed by atoms with E-state index in [-0.39, 0.29) is 12.4 Å². The van der Waals surface area contributed by atoms with Crippen molar-refractivity contribution in [3.63, 3.8) is 0 Å². The summed E-state index contributed by atoms with van der Waals surface area (Å²) in [6.07, 6.45) is 0. The number of aromatic nitrogens is 2. The molecule has 0 amide bonds. The average molecular weight is 382 g/mol. The van der Waals surface area contributed by atoms with E-state index < -0.39 is 0 Å². The molecule has 106 valence electrons. The summed E-state index contributed by atoms with van der Waals surface area (Å²) < 4.78 is 3.25. The van der Waals surface area contributed by atoms with Crippen molar-refractivity contribution in [2.24, 2.45) is 7.05 Å². The van der Waals surface area contributed by atoms with E-state index in [0.29, 0.717) is 0 Å². The number of fused-ring (bicyclic) bond motifs is 4. The van der Waals surface area contributed by atoms with Crippen LogP contribution in [0.15, 0.2) is 46.9 Å². The van der Waals surface area contributed by atoms with Crippen molar-refractivity contribution in [2.75, 3.05) is 0 Å². The highest BCUT2D eigenvalue weighted by Gasteiger charge is 2.16. The van der Waals surface area contributed by atoms with Crippen LogP contribution in [0, 0.1) is 0 Å². The van der Waals surface area contributed by atoms with Crippen LogP contribution in [0.5, 0.6) is 0 Å². The molecule has 0 radical (unpaired) electrons. The molecule has 0 fully saturated rings. The Balaban J connectivity index is 0.00000132. The van der Waals surface area contributed by atoms with E-state index in [1.54, 1.807) is 0 Å². The molecule has 0 saturated heterocycles. The number of hydrogen-bond donors (Lipinski definition) is 0. The van der Waals surface area contributed by atoms with Crippen LogP contribution in [0.2, 0.25) is 5.02 Å². The second kappa shape index (κ2) is 5.16. The Morgan fingerprint density at radius 3 is 2.71 bits per heavy atom. The van der Waals surface area contributed by atoms with Crippen molar-refractivity contribution in [1.29, 1.82) is 0 Å². The third-order valence-electron chi connectivity index (χ3n) is 3.68. The summed E-state index contributed by atoms with van der Waals surface area (Å²) in [4.78, 5) is 4.71. The second-order valence-corrected chi connectivity index (χ2v) is 6.27. The number of nitrogens with zero attached hydrogens (tertiary/aromatic N) is 2. The summed E-state index contributed by atoms with van der Waals surface area (Å²) >= 11 is 9.62. The fourth-order valence-corrected chi connectivity index (χ4v) is 3.33. The SMILES string of the molecule is Cl.Cn1c2c3cc(Br)ccc3nc-2cc2cc(Cl)ccc21. The van der Waals surface area contributed by atoms with Gasteiger partial charge in [0.05, 0.1) is 16.9 Å². The lowest BCUT2D eigenvalue weighted by atomic mass is 10.1. The topological polar surface area (TPSA) is 17.8 Å². The molecule has 4 rings (SSSR count). The van der Waals surface area contributed by atoms with E-state index >= 15 is 0 Å². The monoisotopic (exact) mass is 380 g/mol. The van der Waals surface area contributed by atoms with Gasteiger partial charge in [-0.3, -0.25) is 0 Å². The maximum absolute atomic E-state index is 6.09. The van der Waals surface area contributed by atoms with Gasteiger partial charge in [0.2, 0.25) is 0 Å². The Labute approximate surface area is 141 Å². The fourth-order valence-electron chi connectivity index (χ4n) is 2.78. The summed E-state index contributed by atoms with van der Waals surface area (Å²) in [5.41, 5.74) is 4.31. The third-order valence-corrected chi connectivity index (χ3v) is 4.40. The van der Waals surface area contributed by atoms with Crippen molar-refractivity contribution < 1.29 is 0 Å². The molecular formula is C16H11BrCl2N2. The lowest BCUT2D eigenvalue weighted by molar-refractivity contribution is 0.967. The predicted octanol–water partition coefficient (Wildman–Crippen LogP) is 5.67. The summed E-state index contributed by atoms with van der Waals surface area (Å²) in [6.45, 7) is 0. The van der Waals surface area contributed by atoms with Crippen molar-refractivity contribution in [3.05, 3.63) is 52.0 Å². The molecule has 5 heteroatoms. The Morgan fingerprint density at radius 2 is 1.90 bits per heavy atom. The van der Waals surface area contributed by atoms with Gasteiger partial charge in [0.25, 0.3) is 0 Å². The second-order valence-electron chi connectivity index (χ2n) is 4.91. The maximum atomic E-state index is 6.09. The largest absolute Gasteiger partial charge is 0.342 e.